The first-order valence-electron chi connectivity index (χ1n) is 5.03. The van der Waals surface area contributed by atoms with Gasteiger partial charge in [-0.25, -0.2) is 4.98 Å². The van der Waals surface area contributed by atoms with E-state index in [1.807, 2.05) is 30.4 Å². The van der Waals surface area contributed by atoms with Crippen LogP contribution in [-0.2, 0) is 6.54 Å². The van der Waals surface area contributed by atoms with Crippen molar-refractivity contribution in [1.82, 2.24) is 9.55 Å². The molecule has 1 aromatic carbocycles. The molecule has 1 aromatic heterocycles. The Balaban J connectivity index is 2.45. The molecule has 82 valence electrons. The van der Waals surface area contributed by atoms with Gasteiger partial charge in [0.1, 0.15) is 0 Å². The second kappa shape index (κ2) is 4.99. The van der Waals surface area contributed by atoms with Crippen LogP contribution >= 0.6 is 12.6 Å². The van der Waals surface area contributed by atoms with Crippen LogP contribution in [0.25, 0.3) is 10.9 Å². The molecule has 0 bridgehead atoms. The van der Waals surface area contributed by atoms with Crippen molar-refractivity contribution in [3.05, 3.63) is 53.1 Å². The number of para-hydroxylation sites is 1. The molecule has 16 heavy (non-hydrogen) atoms. The summed E-state index contributed by atoms with van der Waals surface area (Å²) in [6, 6.07) is 7.35. The Morgan fingerprint density at radius 2 is 2.12 bits per heavy atom. The third kappa shape index (κ3) is 2.17. The van der Waals surface area contributed by atoms with Crippen LogP contribution in [0.3, 0.4) is 0 Å². The Bertz CT molecular complexity index is 574. The Hall–Kier alpha value is -1.55. The Labute approximate surface area is 98.8 Å². The highest BCUT2D eigenvalue weighted by molar-refractivity contribution is 7.80. The van der Waals surface area contributed by atoms with Crippen molar-refractivity contribution in [3.8, 4) is 0 Å². The number of allylic oxidation sites excluding steroid dienone is 1. The predicted molar refractivity (Wildman–Crippen MR) is 69.0 cm³/mol. The fourth-order valence-electron chi connectivity index (χ4n) is 1.50. The molecule has 0 aliphatic heterocycles. The van der Waals surface area contributed by atoms with E-state index in [4.69, 9.17) is 0 Å². The van der Waals surface area contributed by atoms with Gasteiger partial charge in [0.2, 0.25) is 0 Å². The molecule has 3 nitrogen and oxygen atoms in total. The largest absolute Gasteiger partial charge is 0.295 e. The summed E-state index contributed by atoms with van der Waals surface area (Å²) in [4.78, 5) is 16.2. The second-order valence-corrected chi connectivity index (χ2v) is 3.74. The number of nitrogens with zero attached hydrogens (tertiary/aromatic N) is 2. The third-order valence-corrected chi connectivity index (χ3v) is 2.52. The predicted octanol–water partition coefficient (Wildman–Crippen LogP) is 1.88. The zero-order chi connectivity index (χ0) is 11.4. The normalized spacial score (nSPS) is 11.3. The molecule has 0 radical (unpaired) electrons. The average molecular weight is 232 g/mol. The summed E-state index contributed by atoms with van der Waals surface area (Å²) in [7, 11) is 0. The van der Waals surface area contributed by atoms with Crippen LogP contribution in [0.5, 0.6) is 0 Å². The molecule has 0 fully saturated rings. The zero-order valence-electron chi connectivity index (χ0n) is 8.71. The first-order chi connectivity index (χ1) is 7.83. The molecule has 0 N–H and O–H groups in total. The maximum atomic E-state index is 12.0. The number of aromatic nitrogens is 2. The molecule has 0 saturated carbocycles. The topological polar surface area (TPSA) is 34.9 Å². The molecular weight excluding hydrogens is 220 g/mol. The van der Waals surface area contributed by atoms with Gasteiger partial charge in [-0.3, -0.25) is 9.36 Å². The Morgan fingerprint density at radius 3 is 2.94 bits per heavy atom. The summed E-state index contributed by atoms with van der Waals surface area (Å²) in [6.45, 7) is 0.539. The van der Waals surface area contributed by atoms with Gasteiger partial charge >= 0.3 is 0 Å². The molecule has 4 heteroatoms. The van der Waals surface area contributed by atoms with E-state index in [1.54, 1.807) is 17.0 Å². The number of hydrogen-bond acceptors (Lipinski definition) is 3. The molecular formula is C12H12N2OS. The van der Waals surface area contributed by atoms with Crippen molar-refractivity contribution in [2.24, 2.45) is 0 Å². The van der Waals surface area contributed by atoms with Crippen molar-refractivity contribution in [2.75, 3.05) is 5.75 Å². The van der Waals surface area contributed by atoms with Crippen molar-refractivity contribution < 1.29 is 0 Å². The zero-order valence-corrected chi connectivity index (χ0v) is 9.60. The first-order valence-corrected chi connectivity index (χ1v) is 5.66. The first kappa shape index (κ1) is 11.0. The molecule has 0 unspecified atom stereocenters. The summed E-state index contributed by atoms with van der Waals surface area (Å²) < 4.78 is 1.59. The summed E-state index contributed by atoms with van der Waals surface area (Å²) in [5.74, 6) is 0.676. The molecule has 1 heterocycles. The number of rotatable bonds is 3. The molecule has 0 saturated heterocycles. The average Bonchev–Trinajstić information content (AvgIpc) is 2.33. The van der Waals surface area contributed by atoms with Crippen LogP contribution in [0.4, 0.5) is 0 Å². The lowest BCUT2D eigenvalue weighted by Crippen LogP contribution is -2.19. The number of benzene rings is 1. The van der Waals surface area contributed by atoms with Gasteiger partial charge < -0.3 is 0 Å². The lowest BCUT2D eigenvalue weighted by Gasteiger charge is -2.02. The highest BCUT2D eigenvalue weighted by atomic mass is 32.1. The van der Waals surface area contributed by atoms with Gasteiger partial charge in [0.15, 0.2) is 0 Å². The van der Waals surface area contributed by atoms with Crippen molar-refractivity contribution in [3.63, 3.8) is 0 Å². The minimum absolute atomic E-state index is 0.00517. The van der Waals surface area contributed by atoms with E-state index < -0.39 is 0 Å². The van der Waals surface area contributed by atoms with Crippen LogP contribution in [0.2, 0.25) is 0 Å². The van der Waals surface area contributed by atoms with Gasteiger partial charge in [-0.05, 0) is 12.1 Å². The highest BCUT2D eigenvalue weighted by Gasteiger charge is 2.00. The second-order valence-electron chi connectivity index (χ2n) is 3.37. The quantitative estimate of drug-likeness (QED) is 0.648. The van der Waals surface area contributed by atoms with E-state index in [0.29, 0.717) is 17.7 Å². The fraction of sp³-hybridized carbons (Fsp3) is 0.167. The molecule has 0 aliphatic carbocycles. The van der Waals surface area contributed by atoms with Gasteiger partial charge in [-0.1, -0.05) is 24.3 Å². The third-order valence-electron chi connectivity index (χ3n) is 2.31. The van der Waals surface area contributed by atoms with Crippen LogP contribution < -0.4 is 5.56 Å². The monoisotopic (exact) mass is 232 g/mol. The molecule has 0 spiro atoms. The molecule has 0 atom stereocenters. The van der Waals surface area contributed by atoms with Gasteiger partial charge in [0.05, 0.1) is 17.2 Å². The standard InChI is InChI=1S/C12H12N2OS/c15-12-10-5-1-2-6-11(10)13-9-14(12)7-3-4-8-16/h1-6,9,16H,7-8H2. The number of thiol groups is 1. The molecule has 2 rings (SSSR count). The number of hydrogen-bond donors (Lipinski definition) is 1. The maximum Gasteiger partial charge on any atom is 0.261 e. The molecule has 0 amide bonds. The van der Waals surface area contributed by atoms with Gasteiger partial charge in [-0.15, -0.1) is 0 Å². The summed E-state index contributed by atoms with van der Waals surface area (Å²) in [5.41, 5.74) is 0.733. The smallest absolute Gasteiger partial charge is 0.261 e. The van der Waals surface area contributed by atoms with Crippen molar-refractivity contribution in [2.45, 2.75) is 6.54 Å². The van der Waals surface area contributed by atoms with Gasteiger partial charge in [0, 0.05) is 12.3 Å². The van der Waals surface area contributed by atoms with Crippen LogP contribution in [-0.4, -0.2) is 15.3 Å². The lowest BCUT2D eigenvalue weighted by molar-refractivity contribution is 0.766. The Kier molecular flexibility index (Phi) is 3.41. The van der Waals surface area contributed by atoms with Crippen LogP contribution in [0, 0.1) is 0 Å². The Morgan fingerprint density at radius 1 is 1.31 bits per heavy atom. The maximum absolute atomic E-state index is 12.0. The van der Waals surface area contributed by atoms with Crippen LogP contribution in [0.15, 0.2) is 47.5 Å². The van der Waals surface area contributed by atoms with E-state index in [0.717, 1.165) is 5.52 Å². The van der Waals surface area contributed by atoms with E-state index in [9.17, 15) is 4.79 Å². The van der Waals surface area contributed by atoms with Crippen LogP contribution in [0.1, 0.15) is 0 Å². The molecule has 0 aliphatic rings. The van der Waals surface area contributed by atoms with E-state index >= 15 is 0 Å². The van der Waals surface area contributed by atoms with E-state index in [-0.39, 0.29) is 5.56 Å². The van der Waals surface area contributed by atoms with Crippen molar-refractivity contribution in [1.29, 1.82) is 0 Å². The van der Waals surface area contributed by atoms with Gasteiger partial charge in [0.25, 0.3) is 5.56 Å². The summed E-state index contributed by atoms with van der Waals surface area (Å²) in [5, 5.41) is 0.657. The fourth-order valence-corrected chi connectivity index (χ4v) is 1.65. The van der Waals surface area contributed by atoms with E-state index in [2.05, 4.69) is 17.6 Å². The van der Waals surface area contributed by atoms with E-state index in [1.165, 1.54) is 0 Å². The molecule has 2 aromatic rings. The minimum atomic E-state index is -0.00517. The minimum Gasteiger partial charge on any atom is -0.295 e. The van der Waals surface area contributed by atoms with Crippen molar-refractivity contribution >= 4 is 23.5 Å². The number of fused-ring (bicyclic) bond motifs is 1. The lowest BCUT2D eigenvalue weighted by atomic mass is 10.2. The highest BCUT2D eigenvalue weighted by Crippen LogP contribution is 2.04. The SMILES string of the molecule is O=c1c2ccccc2ncn1CC=CCS. The summed E-state index contributed by atoms with van der Waals surface area (Å²) in [6.07, 6.45) is 5.39. The summed E-state index contributed by atoms with van der Waals surface area (Å²) >= 11 is 4.06. The van der Waals surface area contributed by atoms with Gasteiger partial charge in [-0.2, -0.15) is 12.6 Å².